The Kier molecular flexibility index (Phi) is 15.8. The van der Waals surface area contributed by atoms with Crippen molar-refractivity contribution in [1.82, 2.24) is 9.97 Å². The van der Waals surface area contributed by atoms with Crippen LogP contribution in [-0.4, -0.2) is 9.97 Å². The third kappa shape index (κ3) is 5.81. The Bertz CT molecular complexity index is 554. The Balaban J connectivity index is -0.000000430. The zero-order valence-corrected chi connectivity index (χ0v) is 14.8. The third-order valence-electron chi connectivity index (χ3n) is 2.34. The quantitative estimate of drug-likeness (QED) is 0.299. The van der Waals surface area contributed by atoms with E-state index in [0.717, 1.165) is 21.8 Å². The van der Waals surface area contributed by atoms with Crippen LogP contribution >= 0.6 is 0 Å². The van der Waals surface area contributed by atoms with Crippen molar-refractivity contribution in [2.24, 2.45) is 0 Å². The summed E-state index contributed by atoms with van der Waals surface area (Å²) < 4.78 is 0. The monoisotopic (exact) mass is 328 g/mol. The number of benzene rings is 1. The van der Waals surface area contributed by atoms with E-state index in [9.17, 15) is 0 Å². The largest absolute Gasteiger partial charge is 2.00 e. The summed E-state index contributed by atoms with van der Waals surface area (Å²) >= 11 is 0. The standard InChI is InChI=1S/C12H8N2.2C2H6.2CH3.Ni/c1-3-9-5-6-10-4-2-8-14-12(10)11(9)13-7-1;2*1-2;;;/h1-8H;2*1-2H3;2*1H3;/q;;;2*-1;+2. The van der Waals surface area contributed by atoms with Gasteiger partial charge in [-0.15, -0.1) is 0 Å². The minimum Gasteiger partial charge on any atom is -0.358 e. The molecule has 0 amide bonds. The molecule has 3 aromatic rings. The van der Waals surface area contributed by atoms with Crippen molar-refractivity contribution in [3.05, 3.63) is 63.6 Å². The summed E-state index contributed by atoms with van der Waals surface area (Å²) in [5.74, 6) is 0. The van der Waals surface area contributed by atoms with E-state index in [4.69, 9.17) is 0 Å². The van der Waals surface area contributed by atoms with E-state index in [-0.39, 0.29) is 31.3 Å². The van der Waals surface area contributed by atoms with Gasteiger partial charge in [0.2, 0.25) is 0 Å². The zero-order chi connectivity index (χ0) is 13.4. The van der Waals surface area contributed by atoms with E-state index in [0.29, 0.717) is 0 Å². The van der Waals surface area contributed by atoms with Crippen molar-refractivity contribution in [2.75, 3.05) is 0 Å². The predicted molar refractivity (Wildman–Crippen MR) is 92.6 cm³/mol. The average molecular weight is 329 g/mol. The van der Waals surface area contributed by atoms with Gasteiger partial charge in [-0.1, -0.05) is 52.0 Å². The van der Waals surface area contributed by atoms with Crippen LogP contribution in [0.2, 0.25) is 0 Å². The molecule has 0 unspecified atom stereocenters. The van der Waals surface area contributed by atoms with E-state index in [1.165, 1.54) is 0 Å². The average Bonchev–Trinajstić information content (AvgIpc) is 2.51. The Labute approximate surface area is 139 Å². The van der Waals surface area contributed by atoms with Gasteiger partial charge >= 0.3 is 16.5 Å². The van der Waals surface area contributed by atoms with Gasteiger partial charge < -0.3 is 14.9 Å². The molecule has 0 radical (unpaired) electrons. The van der Waals surface area contributed by atoms with Crippen LogP contribution in [0.3, 0.4) is 0 Å². The topological polar surface area (TPSA) is 25.8 Å². The first-order valence-electron chi connectivity index (χ1n) is 6.53. The summed E-state index contributed by atoms with van der Waals surface area (Å²) in [4.78, 5) is 8.69. The molecule has 0 fully saturated rings. The molecule has 0 saturated heterocycles. The molecule has 3 rings (SSSR count). The van der Waals surface area contributed by atoms with Crippen LogP contribution < -0.4 is 0 Å². The minimum absolute atomic E-state index is 0. The molecule has 0 spiro atoms. The van der Waals surface area contributed by atoms with Gasteiger partial charge in [0.15, 0.2) is 0 Å². The van der Waals surface area contributed by atoms with Gasteiger partial charge in [-0.3, -0.25) is 9.97 Å². The number of hydrogen-bond acceptors (Lipinski definition) is 2. The fourth-order valence-electron chi connectivity index (χ4n) is 1.68. The summed E-state index contributed by atoms with van der Waals surface area (Å²) in [7, 11) is 0. The second kappa shape index (κ2) is 13.5. The van der Waals surface area contributed by atoms with Crippen LogP contribution in [0.15, 0.2) is 48.8 Å². The maximum Gasteiger partial charge on any atom is 2.00 e. The number of aromatic nitrogens is 2. The van der Waals surface area contributed by atoms with Crippen molar-refractivity contribution < 1.29 is 16.5 Å². The fourth-order valence-corrected chi connectivity index (χ4v) is 1.68. The smallest absolute Gasteiger partial charge is 0.358 e. The van der Waals surface area contributed by atoms with Gasteiger partial charge in [-0.2, -0.15) is 0 Å². The van der Waals surface area contributed by atoms with Gasteiger partial charge in [-0.25, -0.2) is 0 Å². The van der Waals surface area contributed by atoms with Crippen LogP contribution in [-0.2, 0) is 16.5 Å². The Hall–Kier alpha value is -1.47. The number of hydrogen-bond donors (Lipinski definition) is 0. The van der Waals surface area contributed by atoms with Crippen LogP contribution in [0.5, 0.6) is 0 Å². The molecule has 2 heterocycles. The number of nitrogens with zero attached hydrogens (tertiary/aromatic N) is 2. The summed E-state index contributed by atoms with van der Waals surface area (Å²) in [5, 5.41) is 2.28. The summed E-state index contributed by atoms with van der Waals surface area (Å²) in [6.45, 7) is 8.00. The Morgan fingerprint density at radius 3 is 1.29 bits per heavy atom. The third-order valence-corrected chi connectivity index (χ3v) is 2.34. The van der Waals surface area contributed by atoms with E-state index in [2.05, 4.69) is 34.2 Å². The van der Waals surface area contributed by atoms with Crippen LogP contribution in [0.1, 0.15) is 27.7 Å². The molecule has 118 valence electrons. The van der Waals surface area contributed by atoms with Gasteiger partial charge in [0.1, 0.15) is 0 Å². The first-order valence-corrected chi connectivity index (χ1v) is 6.53. The van der Waals surface area contributed by atoms with Crippen molar-refractivity contribution >= 4 is 21.8 Å². The fraction of sp³-hybridized carbons (Fsp3) is 0.222. The second-order valence-corrected chi connectivity index (χ2v) is 3.22. The van der Waals surface area contributed by atoms with Crippen molar-refractivity contribution in [3.63, 3.8) is 0 Å². The molecule has 0 aliphatic carbocycles. The van der Waals surface area contributed by atoms with Gasteiger partial charge in [0.05, 0.1) is 11.0 Å². The molecule has 0 saturated carbocycles. The number of rotatable bonds is 0. The first-order chi connectivity index (χ1) is 8.95. The second-order valence-electron chi connectivity index (χ2n) is 3.22. The summed E-state index contributed by atoms with van der Waals surface area (Å²) in [6.07, 6.45) is 3.60. The molecular formula is C18H26N2Ni. The maximum atomic E-state index is 4.35. The number of fused-ring (bicyclic) bond motifs is 3. The molecular weight excluding hydrogens is 303 g/mol. The molecule has 0 aliphatic heterocycles. The van der Waals surface area contributed by atoms with E-state index >= 15 is 0 Å². The van der Waals surface area contributed by atoms with Crippen LogP contribution in [0, 0.1) is 14.9 Å². The molecule has 3 heteroatoms. The predicted octanol–water partition coefficient (Wildman–Crippen LogP) is 5.73. The number of pyridine rings is 2. The molecule has 21 heavy (non-hydrogen) atoms. The first kappa shape index (κ1) is 24.5. The molecule has 0 atom stereocenters. The molecule has 0 bridgehead atoms. The van der Waals surface area contributed by atoms with E-state index < -0.39 is 0 Å². The van der Waals surface area contributed by atoms with Gasteiger partial charge in [0.25, 0.3) is 0 Å². The SMILES string of the molecule is CC.CC.[CH3-].[CH3-].[Ni+2].c1cnc2c(c1)ccc1cccnc12. The van der Waals surface area contributed by atoms with Crippen LogP contribution in [0.4, 0.5) is 0 Å². The van der Waals surface area contributed by atoms with E-state index in [1.807, 2.05) is 39.8 Å². The maximum absolute atomic E-state index is 4.35. The Morgan fingerprint density at radius 1 is 0.619 bits per heavy atom. The van der Waals surface area contributed by atoms with E-state index in [1.54, 1.807) is 12.4 Å². The normalized spacial score (nSPS) is 7.81. The Morgan fingerprint density at radius 2 is 0.952 bits per heavy atom. The molecule has 1 aromatic carbocycles. The van der Waals surface area contributed by atoms with Gasteiger partial charge in [0, 0.05) is 23.2 Å². The molecule has 2 nitrogen and oxygen atoms in total. The minimum atomic E-state index is 0. The molecule has 2 aromatic heterocycles. The van der Waals surface area contributed by atoms with Gasteiger partial charge in [-0.05, 0) is 12.1 Å². The molecule has 0 N–H and O–H groups in total. The molecule has 0 aliphatic rings. The zero-order valence-electron chi connectivity index (χ0n) is 13.8. The summed E-state index contributed by atoms with van der Waals surface area (Å²) in [6, 6.07) is 12.1. The van der Waals surface area contributed by atoms with Crippen molar-refractivity contribution in [1.29, 1.82) is 0 Å². The van der Waals surface area contributed by atoms with Crippen molar-refractivity contribution in [3.8, 4) is 0 Å². The van der Waals surface area contributed by atoms with Crippen molar-refractivity contribution in [2.45, 2.75) is 27.7 Å². The summed E-state index contributed by atoms with van der Waals surface area (Å²) in [5.41, 5.74) is 1.95. The van der Waals surface area contributed by atoms with Crippen LogP contribution in [0.25, 0.3) is 21.8 Å².